The summed E-state index contributed by atoms with van der Waals surface area (Å²) in [6, 6.07) is 0. The number of hydrogen-bond acceptors (Lipinski definition) is 2. The van der Waals surface area contributed by atoms with Crippen LogP contribution in [0.4, 0.5) is 0 Å². The molecule has 3 aliphatic rings. The fraction of sp³-hybridized carbons (Fsp3) is 0.800. The van der Waals surface area contributed by atoms with Crippen molar-refractivity contribution in [3.05, 3.63) is 11.3 Å². The molecule has 2 fully saturated rings. The zero-order chi connectivity index (χ0) is 11.9. The van der Waals surface area contributed by atoms with E-state index in [4.69, 9.17) is 5.73 Å². The molecular formula is C15H23NO. The number of Topliss-reactive ketones (excluding diaryl/α,β-unsaturated/α-hetero) is 1. The molecule has 0 aromatic carbocycles. The van der Waals surface area contributed by atoms with Crippen LogP contribution in [0.5, 0.6) is 0 Å². The molecule has 2 nitrogen and oxygen atoms in total. The molecule has 0 aromatic rings. The fourth-order valence-corrected chi connectivity index (χ4v) is 4.15. The van der Waals surface area contributed by atoms with Gasteiger partial charge in [-0.25, -0.2) is 0 Å². The highest BCUT2D eigenvalue weighted by Gasteiger charge is 2.53. The fourth-order valence-electron chi connectivity index (χ4n) is 4.15. The zero-order valence-electron chi connectivity index (χ0n) is 10.6. The lowest BCUT2D eigenvalue weighted by atomic mass is 9.56. The Morgan fingerprint density at radius 3 is 2.12 bits per heavy atom. The molecule has 0 aliphatic heterocycles. The third-order valence-electron chi connectivity index (χ3n) is 5.21. The van der Waals surface area contributed by atoms with Crippen LogP contribution in [0.1, 0.15) is 64.2 Å². The summed E-state index contributed by atoms with van der Waals surface area (Å²) in [6.07, 6.45) is 12.0. The Balaban J connectivity index is 1.83. The van der Waals surface area contributed by atoms with Crippen molar-refractivity contribution >= 4 is 5.78 Å². The van der Waals surface area contributed by atoms with Crippen molar-refractivity contribution < 1.29 is 4.79 Å². The van der Waals surface area contributed by atoms with Crippen LogP contribution >= 0.6 is 0 Å². The Kier molecular flexibility index (Phi) is 2.76. The summed E-state index contributed by atoms with van der Waals surface area (Å²) in [4.78, 5) is 12.5. The summed E-state index contributed by atoms with van der Waals surface area (Å²) < 4.78 is 0. The summed E-state index contributed by atoms with van der Waals surface area (Å²) >= 11 is 0. The highest BCUT2D eigenvalue weighted by atomic mass is 16.1. The second-order valence-electron chi connectivity index (χ2n) is 6.13. The predicted molar refractivity (Wildman–Crippen MR) is 68.3 cm³/mol. The maximum Gasteiger partial charge on any atom is 0.172 e. The summed E-state index contributed by atoms with van der Waals surface area (Å²) in [6.45, 7) is 0. The van der Waals surface area contributed by atoms with Gasteiger partial charge in [0.25, 0.3) is 0 Å². The maximum absolute atomic E-state index is 12.5. The van der Waals surface area contributed by atoms with Gasteiger partial charge in [-0.05, 0) is 31.6 Å². The van der Waals surface area contributed by atoms with E-state index in [9.17, 15) is 4.79 Å². The van der Waals surface area contributed by atoms with Crippen molar-refractivity contribution in [1.29, 1.82) is 0 Å². The molecule has 3 rings (SSSR count). The second kappa shape index (κ2) is 4.15. The van der Waals surface area contributed by atoms with Gasteiger partial charge in [-0.2, -0.15) is 0 Å². The molecule has 94 valence electrons. The molecule has 17 heavy (non-hydrogen) atoms. The Morgan fingerprint density at radius 2 is 1.53 bits per heavy atom. The standard InChI is InChI=1S/C15H23NO/c16-13-12(11-7-3-1-4-8-11)14(17)15(13)9-5-2-6-10-15/h11H,1-10,16H2. The quantitative estimate of drug-likeness (QED) is 0.755. The van der Waals surface area contributed by atoms with Gasteiger partial charge in [0, 0.05) is 11.3 Å². The average Bonchev–Trinajstić information content (AvgIpc) is 2.41. The normalized spacial score (nSPS) is 29.5. The maximum atomic E-state index is 12.5. The molecule has 0 unspecified atom stereocenters. The molecule has 1 spiro atoms. The van der Waals surface area contributed by atoms with Crippen molar-refractivity contribution in [2.75, 3.05) is 0 Å². The molecule has 0 bridgehead atoms. The van der Waals surface area contributed by atoms with Crippen LogP contribution in [0, 0.1) is 11.3 Å². The molecule has 2 N–H and O–H groups in total. The van der Waals surface area contributed by atoms with Crippen molar-refractivity contribution in [2.24, 2.45) is 17.1 Å². The van der Waals surface area contributed by atoms with Crippen LogP contribution in [-0.4, -0.2) is 5.78 Å². The van der Waals surface area contributed by atoms with Crippen molar-refractivity contribution in [3.63, 3.8) is 0 Å². The van der Waals surface area contributed by atoms with Gasteiger partial charge in [-0.15, -0.1) is 0 Å². The lowest BCUT2D eigenvalue weighted by Gasteiger charge is -2.47. The van der Waals surface area contributed by atoms with Crippen LogP contribution in [-0.2, 0) is 4.79 Å². The topological polar surface area (TPSA) is 43.1 Å². The third-order valence-corrected chi connectivity index (χ3v) is 5.21. The van der Waals surface area contributed by atoms with Crippen molar-refractivity contribution in [2.45, 2.75) is 64.2 Å². The van der Waals surface area contributed by atoms with E-state index in [1.807, 2.05) is 0 Å². The molecule has 2 saturated carbocycles. The Bertz CT molecular complexity index is 357. The molecule has 0 amide bonds. The molecule has 0 radical (unpaired) electrons. The van der Waals surface area contributed by atoms with Gasteiger partial charge in [0.05, 0.1) is 5.41 Å². The Hall–Kier alpha value is -0.790. The van der Waals surface area contributed by atoms with E-state index in [2.05, 4.69) is 0 Å². The summed E-state index contributed by atoms with van der Waals surface area (Å²) in [5, 5.41) is 0. The van der Waals surface area contributed by atoms with Crippen LogP contribution in [0.25, 0.3) is 0 Å². The van der Waals surface area contributed by atoms with Gasteiger partial charge >= 0.3 is 0 Å². The first-order valence-electron chi connectivity index (χ1n) is 7.31. The molecule has 0 aromatic heterocycles. The molecule has 0 atom stereocenters. The van der Waals surface area contributed by atoms with E-state index in [1.54, 1.807) is 0 Å². The Morgan fingerprint density at radius 1 is 0.941 bits per heavy atom. The lowest BCUT2D eigenvalue weighted by molar-refractivity contribution is -0.129. The van der Waals surface area contributed by atoms with E-state index in [-0.39, 0.29) is 5.41 Å². The van der Waals surface area contributed by atoms with Gasteiger partial charge in [-0.3, -0.25) is 4.79 Å². The van der Waals surface area contributed by atoms with Crippen molar-refractivity contribution in [3.8, 4) is 0 Å². The third kappa shape index (κ3) is 1.56. The number of allylic oxidation sites excluding steroid dienone is 2. The van der Waals surface area contributed by atoms with Gasteiger partial charge in [-0.1, -0.05) is 38.5 Å². The first-order valence-corrected chi connectivity index (χ1v) is 7.31. The summed E-state index contributed by atoms with van der Waals surface area (Å²) in [5.41, 5.74) is 8.17. The minimum atomic E-state index is -0.189. The number of nitrogens with two attached hydrogens (primary N) is 1. The summed E-state index contributed by atoms with van der Waals surface area (Å²) in [5.74, 6) is 0.936. The SMILES string of the molecule is NC1=C(C2CCCCC2)C(=O)C12CCCCC2. The first kappa shape index (κ1) is 11.3. The van der Waals surface area contributed by atoms with Gasteiger partial charge in [0.2, 0.25) is 0 Å². The second-order valence-corrected chi connectivity index (χ2v) is 6.13. The van der Waals surface area contributed by atoms with E-state index in [0.29, 0.717) is 11.7 Å². The number of ketones is 1. The van der Waals surface area contributed by atoms with E-state index in [0.717, 1.165) is 24.1 Å². The number of carbonyl (C=O) groups excluding carboxylic acids is 1. The van der Waals surface area contributed by atoms with Gasteiger partial charge in [0.1, 0.15) is 0 Å². The molecule has 2 heteroatoms. The van der Waals surface area contributed by atoms with Crippen LogP contribution < -0.4 is 5.73 Å². The highest BCUT2D eigenvalue weighted by molar-refractivity contribution is 6.10. The van der Waals surface area contributed by atoms with Gasteiger partial charge < -0.3 is 5.73 Å². The summed E-state index contributed by atoms with van der Waals surface area (Å²) in [7, 11) is 0. The van der Waals surface area contributed by atoms with Crippen LogP contribution in [0.2, 0.25) is 0 Å². The highest BCUT2D eigenvalue weighted by Crippen LogP contribution is 2.53. The van der Waals surface area contributed by atoms with Crippen LogP contribution in [0.15, 0.2) is 11.3 Å². The monoisotopic (exact) mass is 233 g/mol. The van der Waals surface area contributed by atoms with Crippen molar-refractivity contribution in [1.82, 2.24) is 0 Å². The van der Waals surface area contributed by atoms with E-state index in [1.165, 1.54) is 51.4 Å². The average molecular weight is 233 g/mol. The number of rotatable bonds is 1. The Labute approximate surface area is 104 Å². The minimum absolute atomic E-state index is 0.189. The number of carbonyl (C=O) groups is 1. The molecule has 0 saturated heterocycles. The smallest absolute Gasteiger partial charge is 0.172 e. The van der Waals surface area contributed by atoms with E-state index < -0.39 is 0 Å². The molecule has 3 aliphatic carbocycles. The minimum Gasteiger partial charge on any atom is -0.401 e. The molecule has 0 heterocycles. The lowest BCUT2D eigenvalue weighted by Crippen LogP contribution is -2.51. The number of hydrogen-bond donors (Lipinski definition) is 1. The van der Waals surface area contributed by atoms with E-state index >= 15 is 0 Å². The zero-order valence-corrected chi connectivity index (χ0v) is 10.6. The van der Waals surface area contributed by atoms with Crippen LogP contribution in [0.3, 0.4) is 0 Å². The first-order chi connectivity index (χ1) is 8.26. The largest absolute Gasteiger partial charge is 0.401 e. The predicted octanol–water partition coefficient (Wildman–Crippen LogP) is 3.31. The molecular weight excluding hydrogens is 210 g/mol. The van der Waals surface area contributed by atoms with Gasteiger partial charge in [0.15, 0.2) is 5.78 Å².